The molecule has 0 aliphatic carbocycles. The summed E-state index contributed by atoms with van der Waals surface area (Å²) in [5, 5.41) is 11.4. The Balaban J connectivity index is 0.00000192. The zero-order valence-corrected chi connectivity index (χ0v) is 13.7. The molecule has 0 unspecified atom stereocenters. The summed E-state index contributed by atoms with van der Waals surface area (Å²) >= 11 is 0. The topological polar surface area (TPSA) is 78.1 Å². The number of aromatic amines is 1. The van der Waals surface area contributed by atoms with Gasteiger partial charge < -0.3 is 10.2 Å². The van der Waals surface area contributed by atoms with Crippen molar-refractivity contribution in [2.24, 2.45) is 0 Å². The number of carbonyl (C=O) groups is 1. The maximum absolute atomic E-state index is 12.1. The highest BCUT2D eigenvalue weighted by Gasteiger charge is 2.15. The van der Waals surface area contributed by atoms with Gasteiger partial charge in [-0.3, -0.25) is 9.59 Å². The number of carbonyl (C=O) groups excluding carboxylic acids is 1. The zero-order valence-electron chi connectivity index (χ0n) is 12.9. The molecule has 7 heteroatoms. The molecule has 124 valence electrons. The van der Waals surface area contributed by atoms with E-state index in [0.29, 0.717) is 18.2 Å². The van der Waals surface area contributed by atoms with Gasteiger partial charge in [0.05, 0.1) is 11.1 Å². The van der Waals surface area contributed by atoms with Crippen LogP contribution in [-0.4, -0.2) is 47.2 Å². The van der Waals surface area contributed by atoms with Crippen molar-refractivity contribution in [2.45, 2.75) is 19.3 Å². The van der Waals surface area contributed by atoms with E-state index in [4.69, 9.17) is 0 Å². The first-order valence-electron chi connectivity index (χ1n) is 7.70. The predicted octanol–water partition coefficient (Wildman–Crippen LogP) is 1.10. The summed E-state index contributed by atoms with van der Waals surface area (Å²) in [6.45, 7) is 3.33. The second-order valence-electron chi connectivity index (χ2n) is 5.53. The molecule has 0 radical (unpaired) electrons. The van der Waals surface area contributed by atoms with Crippen LogP contribution in [0.2, 0.25) is 0 Å². The van der Waals surface area contributed by atoms with Gasteiger partial charge in [-0.05, 0) is 18.9 Å². The van der Waals surface area contributed by atoms with Crippen molar-refractivity contribution in [1.82, 2.24) is 20.4 Å². The Morgan fingerprint density at radius 2 is 1.87 bits per heavy atom. The van der Waals surface area contributed by atoms with E-state index in [1.54, 1.807) is 6.07 Å². The van der Waals surface area contributed by atoms with Gasteiger partial charge in [-0.15, -0.1) is 12.4 Å². The number of aromatic nitrogens is 2. The lowest BCUT2D eigenvalue weighted by molar-refractivity contribution is -0.131. The Hall–Kier alpha value is -1.92. The van der Waals surface area contributed by atoms with Gasteiger partial charge in [0.1, 0.15) is 0 Å². The highest BCUT2D eigenvalue weighted by Crippen LogP contribution is 2.14. The number of fused-ring (bicyclic) bond motifs is 1. The predicted molar refractivity (Wildman–Crippen MR) is 92.0 cm³/mol. The molecule has 0 saturated carbocycles. The minimum Gasteiger partial charge on any atom is -0.340 e. The fourth-order valence-electron chi connectivity index (χ4n) is 2.84. The van der Waals surface area contributed by atoms with Gasteiger partial charge >= 0.3 is 0 Å². The summed E-state index contributed by atoms with van der Waals surface area (Å²) in [5.41, 5.74) is 0.680. The van der Waals surface area contributed by atoms with Crippen molar-refractivity contribution < 1.29 is 4.79 Å². The minimum atomic E-state index is -0.170. The second kappa shape index (κ2) is 8.08. The van der Waals surface area contributed by atoms with E-state index >= 15 is 0 Å². The maximum atomic E-state index is 12.1. The van der Waals surface area contributed by atoms with Crippen molar-refractivity contribution in [3.63, 3.8) is 0 Å². The first-order chi connectivity index (χ1) is 10.8. The number of aryl methyl sites for hydroxylation is 1. The number of hydrogen-bond acceptors (Lipinski definition) is 4. The Labute approximate surface area is 140 Å². The highest BCUT2D eigenvalue weighted by atomic mass is 35.5. The molecule has 1 amide bonds. The number of amides is 1. The van der Waals surface area contributed by atoms with Crippen LogP contribution in [0.4, 0.5) is 0 Å². The van der Waals surface area contributed by atoms with Crippen LogP contribution in [0.3, 0.4) is 0 Å². The van der Waals surface area contributed by atoms with Gasteiger partial charge in [0.2, 0.25) is 5.91 Å². The monoisotopic (exact) mass is 336 g/mol. The smallest absolute Gasteiger partial charge is 0.272 e. The lowest BCUT2D eigenvalue weighted by Gasteiger charge is -2.27. The number of nitrogens with zero attached hydrogens (tertiary/aromatic N) is 2. The minimum absolute atomic E-state index is 0. The first kappa shape index (κ1) is 17.4. The van der Waals surface area contributed by atoms with E-state index in [9.17, 15) is 9.59 Å². The summed E-state index contributed by atoms with van der Waals surface area (Å²) in [6.07, 6.45) is 1.95. The lowest BCUT2D eigenvalue weighted by Crippen LogP contribution is -2.46. The molecule has 0 bridgehead atoms. The number of piperazine rings is 1. The van der Waals surface area contributed by atoms with E-state index in [0.717, 1.165) is 43.7 Å². The number of hydrogen-bond donors (Lipinski definition) is 2. The van der Waals surface area contributed by atoms with Gasteiger partial charge in [0.25, 0.3) is 5.56 Å². The van der Waals surface area contributed by atoms with Crippen LogP contribution in [-0.2, 0) is 11.2 Å². The van der Waals surface area contributed by atoms with Crippen LogP contribution < -0.4 is 10.9 Å². The maximum Gasteiger partial charge on any atom is 0.272 e. The van der Waals surface area contributed by atoms with Gasteiger partial charge in [-0.25, -0.2) is 5.10 Å². The molecule has 1 fully saturated rings. The van der Waals surface area contributed by atoms with Gasteiger partial charge in [-0.2, -0.15) is 5.10 Å². The SMILES string of the molecule is Cl.O=C(CCCc1n[nH]c(=O)c2ccccc12)N1CCNCC1. The molecule has 6 nitrogen and oxygen atoms in total. The zero-order chi connectivity index (χ0) is 15.4. The van der Waals surface area contributed by atoms with Crippen LogP contribution in [0, 0.1) is 0 Å². The van der Waals surface area contributed by atoms with Crippen molar-refractivity contribution >= 4 is 29.1 Å². The van der Waals surface area contributed by atoms with Crippen LogP contribution in [0.25, 0.3) is 10.8 Å². The normalized spacial score (nSPS) is 14.5. The molecule has 1 aromatic carbocycles. The number of nitrogens with one attached hydrogen (secondary N) is 2. The molecular formula is C16H21ClN4O2. The summed E-state index contributed by atoms with van der Waals surface area (Å²) in [4.78, 5) is 25.8. The van der Waals surface area contributed by atoms with Crippen molar-refractivity contribution in [2.75, 3.05) is 26.2 Å². The number of H-pyrrole nitrogens is 1. The Morgan fingerprint density at radius 3 is 2.61 bits per heavy atom. The van der Waals surface area contributed by atoms with E-state index in [1.165, 1.54) is 0 Å². The van der Waals surface area contributed by atoms with E-state index < -0.39 is 0 Å². The van der Waals surface area contributed by atoms with E-state index in [2.05, 4.69) is 15.5 Å². The largest absolute Gasteiger partial charge is 0.340 e. The highest BCUT2D eigenvalue weighted by molar-refractivity contribution is 5.85. The van der Waals surface area contributed by atoms with Crippen LogP contribution in [0.5, 0.6) is 0 Å². The van der Waals surface area contributed by atoms with Crippen LogP contribution >= 0.6 is 12.4 Å². The molecular weight excluding hydrogens is 316 g/mol. The van der Waals surface area contributed by atoms with Crippen LogP contribution in [0.15, 0.2) is 29.1 Å². The number of halogens is 1. The lowest BCUT2D eigenvalue weighted by atomic mass is 10.1. The third-order valence-electron chi connectivity index (χ3n) is 4.05. The molecule has 0 atom stereocenters. The quantitative estimate of drug-likeness (QED) is 0.876. The average molecular weight is 337 g/mol. The summed E-state index contributed by atoms with van der Waals surface area (Å²) in [7, 11) is 0. The molecule has 3 rings (SSSR count). The molecule has 1 aliphatic heterocycles. The van der Waals surface area contributed by atoms with E-state index in [-0.39, 0.29) is 23.9 Å². The van der Waals surface area contributed by atoms with Gasteiger partial charge in [0.15, 0.2) is 0 Å². The number of rotatable bonds is 4. The average Bonchev–Trinajstić information content (AvgIpc) is 2.58. The summed E-state index contributed by atoms with van der Waals surface area (Å²) in [5.74, 6) is 0.204. The molecule has 1 aromatic heterocycles. The summed E-state index contributed by atoms with van der Waals surface area (Å²) in [6, 6.07) is 7.45. The fourth-order valence-corrected chi connectivity index (χ4v) is 2.84. The van der Waals surface area contributed by atoms with Gasteiger partial charge in [-0.1, -0.05) is 18.2 Å². The third-order valence-corrected chi connectivity index (χ3v) is 4.05. The van der Waals surface area contributed by atoms with Crippen LogP contribution in [0.1, 0.15) is 18.5 Å². The third kappa shape index (κ3) is 4.09. The molecule has 2 heterocycles. The Bertz CT molecular complexity index is 725. The standard InChI is InChI=1S/C16H20N4O2.ClH/c21-15(20-10-8-17-9-11-20)7-3-6-14-12-4-1-2-5-13(12)16(22)19-18-14;/h1-2,4-5,17H,3,6-11H2,(H,19,22);1H. The fraction of sp³-hybridized carbons (Fsp3) is 0.438. The van der Waals surface area contributed by atoms with Gasteiger partial charge in [0, 0.05) is 38.0 Å². The number of benzene rings is 1. The van der Waals surface area contributed by atoms with Crippen molar-refractivity contribution in [3.8, 4) is 0 Å². The molecule has 23 heavy (non-hydrogen) atoms. The molecule has 2 N–H and O–H groups in total. The second-order valence-corrected chi connectivity index (χ2v) is 5.53. The molecule has 1 aliphatic rings. The first-order valence-corrected chi connectivity index (χ1v) is 7.70. The molecule has 1 saturated heterocycles. The Morgan fingerprint density at radius 1 is 1.17 bits per heavy atom. The van der Waals surface area contributed by atoms with Crippen molar-refractivity contribution in [3.05, 3.63) is 40.3 Å². The Kier molecular flexibility index (Phi) is 6.12. The van der Waals surface area contributed by atoms with Crippen molar-refractivity contribution in [1.29, 1.82) is 0 Å². The summed E-state index contributed by atoms with van der Waals surface area (Å²) < 4.78 is 0. The molecule has 0 spiro atoms. The molecule has 2 aromatic rings. The van der Waals surface area contributed by atoms with E-state index in [1.807, 2.05) is 23.1 Å².